The van der Waals surface area contributed by atoms with E-state index in [1.54, 1.807) is 11.8 Å². The lowest BCUT2D eigenvalue weighted by Gasteiger charge is -2.05. The minimum absolute atomic E-state index is 0.867. The van der Waals surface area contributed by atoms with Gasteiger partial charge in [-0.15, -0.1) is 0 Å². The first kappa shape index (κ1) is 11.0. The van der Waals surface area contributed by atoms with Gasteiger partial charge in [0.25, 0.3) is 0 Å². The molecule has 2 rings (SSSR count). The molecule has 1 heterocycles. The van der Waals surface area contributed by atoms with Crippen molar-refractivity contribution >= 4 is 17.4 Å². The average molecular weight is 234 g/mol. The van der Waals surface area contributed by atoms with Gasteiger partial charge >= 0.3 is 0 Å². The molecule has 2 aromatic rings. The zero-order valence-electron chi connectivity index (χ0n) is 9.10. The fourth-order valence-corrected chi connectivity index (χ4v) is 2.00. The molecule has 1 aromatic heterocycles. The number of aromatic nitrogens is 3. The number of aromatic amines is 1. The van der Waals surface area contributed by atoms with Crippen molar-refractivity contribution in [2.75, 3.05) is 17.6 Å². The summed E-state index contributed by atoms with van der Waals surface area (Å²) in [6, 6.07) is 8.36. The molecule has 1 aromatic carbocycles. The van der Waals surface area contributed by atoms with E-state index in [0.29, 0.717) is 0 Å². The number of nitrogens with one attached hydrogen (secondary N) is 2. The van der Waals surface area contributed by atoms with Gasteiger partial charge in [-0.3, -0.25) is 5.10 Å². The van der Waals surface area contributed by atoms with Crippen LogP contribution >= 0.6 is 11.8 Å². The summed E-state index contributed by atoms with van der Waals surface area (Å²) >= 11 is 1.66. The monoisotopic (exact) mass is 234 g/mol. The Balaban J connectivity index is 1.72. The van der Waals surface area contributed by atoms with Crippen LogP contribution in [0.15, 0.2) is 35.7 Å². The summed E-state index contributed by atoms with van der Waals surface area (Å²) in [6.07, 6.45) is 1.52. The van der Waals surface area contributed by atoms with Crippen LogP contribution in [0.5, 0.6) is 0 Å². The van der Waals surface area contributed by atoms with E-state index in [2.05, 4.69) is 51.7 Å². The molecule has 0 aliphatic rings. The molecule has 0 aliphatic carbocycles. The van der Waals surface area contributed by atoms with Gasteiger partial charge in [-0.1, -0.05) is 23.9 Å². The molecular weight excluding hydrogens is 220 g/mol. The Morgan fingerprint density at radius 3 is 3.12 bits per heavy atom. The highest BCUT2D eigenvalue weighted by molar-refractivity contribution is 7.99. The van der Waals surface area contributed by atoms with Gasteiger partial charge in [-0.05, 0) is 24.6 Å². The number of nitrogens with zero attached hydrogens (tertiary/aromatic N) is 2. The van der Waals surface area contributed by atoms with E-state index in [0.717, 1.165) is 23.1 Å². The number of thioether (sulfide) groups is 1. The largest absolute Gasteiger partial charge is 0.384 e. The minimum atomic E-state index is 0.867. The normalized spacial score (nSPS) is 10.3. The summed E-state index contributed by atoms with van der Waals surface area (Å²) in [7, 11) is 0. The topological polar surface area (TPSA) is 53.6 Å². The van der Waals surface area contributed by atoms with E-state index in [4.69, 9.17) is 0 Å². The Kier molecular flexibility index (Phi) is 3.82. The Morgan fingerprint density at radius 1 is 1.44 bits per heavy atom. The second kappa shape index (κ2) is 5.55. The standard InChI is InChI=1S/C11H14N4S/c1-9-3-2-4-10(7-9)12-5-6-16-11-13-8-14-15-11/h2-4,7-8,12H,5-6H2,1H3,(H,13,14,15). The van der Waals surface area contributed by atoms with Gasteiger partial charge in [0.2, 0.25) is 0 Å². The second-order valence-electron chi connectivity index (χ2n) is 3.44. The molecule has 0 atom stereocenters. The molecule has 0 unspecified atom stereocenters. The summed E-state index contributed by atoms with van der Waals surface area (Å²) in [5.41, 5.74) is 2.44. The fourth-order valence-electron chi connectivity index (χ4n) is 1.36. The molecule has 16 heavy (non-hydrogen) atoms. The molecule has 0 fully saturated rings. The van der Waals surface area contributed by atoms with Gasteiger partial charge in [0, 0.05) is 18.0 Å². The third-order valence-corrected chi connectivity index (χ3v) is 2.96. The van der Waals surface area contributed by atoms with Crippen molar-refractivity contribution in [3.63, 3.8) is 0 Å². The molecule has 0 amide bonds. The molecule has 2 N–H and O–H groups in total. The lowest BCUT2D eigenvalue weighted by molar-refractivity contribution is 0.972. The van der Waals surface area contributed by atoms with Gasteiger partial charge in [0.1, 0.15) is 6.33 Å². The number of aryl methyl sites for hydroxylation is 1. The third kappa shape index (κ3) is 3.27. The van der Waals surface area contributed by atoms with E-state index < -0.39 is 0 Å². The van der Waals surface area contributed by atoms with Crippen LogP contribution in [-0.2, 0) is 0 Å². The van der Waals surface area contributed by atoms with Crippen LogP contribution in [0, 0.1) is 6.92 Å². The van der Waals surface area contributed by atoms with Crippen molar-refractivity contribution in [1.29, 1.82) is 0 Å². The summed E-state index contributed by atoms with van der Waals surface area (Å²) in [5, 5.41) is 10.8. The van der Waals surface area contributed by atoms with Crippen molar-refractivity contribution < 1.29 is 0 Å². The minimum Gasteiger partial charge on any atom is -0.384 e. The van der Waals surface area contributed by atoms with Gasteiger partial charge in [0.05, 0.1) is 0 Å². The van der Waals surface area contributed by atoms with Crippen LogP contribution < -0.4 is 5.32 Å². The van der Waals surface area contributed by atoms with E-state index >= 15 is 0 Å². The van der Waals surface area contributed by atoms with Crippen molar-refractivity contribution in [3.05, 3.63) is 36.2 Å². The maximum Gasteiger partial charge on any atom is 0.183 e. The predicted octanol–water partition coefficient (Wildman–Crippen LogP) is 2.32. The first-order chi connectivity index (χ1) is 7.84. The van der Waals surface area contributed by atoms with E-state index in [1.165, 1.54) is 11.9 Å². The third-order valence-electron chi connectivity index (χ3n) is 2.08. The Hall–Kier alpha value is -1.49. The lowest BCUT2D eigenvalue weighted by atomic mass is 10.2. The SMILES string of the molecule is Cc1cccc(NCCSc2ncn[nH]2)c1. The molecule has 0 bridgehead atoms. The summed E-state index contributed by atoms with van der Waals surface area (Å²) in [6.45, 7) is 3.00. The van der Waals surface area contributed by atoms with Crippen LogP contribution in [0.25, 0.3) is 0 Å². The molecule has 0 aliphatic heterocycles. The maximum atomic E-state index is 4.04. The highest BCUT2D eigenvalue weighted by Crippen LogP contribution is 2.12. The van der Waals surface area contributed by atoms with E-state index in [1.807, 2.05) is 0 Å². The molecule has 0 radical (unpaired) electrons. The summed E-state index contributed by atoms with van der Waals surface area (Å²) in [4.78, 5) is 4.04. The second-order valence-corrected chi connectivity index (χ2v) is 4.52. The number of H-pyrrole nitrogens is 1. The number of rotatable bonds is 5. The molecular formula is C11H14N4S. The Labute approximate surface area is 98.9 Å². The first-order valence-corrected chi connectivity index (χ1v) is 6.12. The predicted molar refractivity (Wildman–Crippen MR) is 66.8 cm³/mol. The molecule has 4 nitrogen and oxygen atoms in total. The van der Waals surface area contributed by atoms with Crippen LogP contribution in [0.2, 0.25) is 0 Å². The van der Waals surface area contributed by atoms with Crippen molar-refractivity contribution in [3.8, 4) is 0 Å². The fraction of sp³-hybridized carbons (Fsp3) is 0.273. The highest BCUT2D eigenvalue weighted by atomic mass is 32.2. The molecule has 0 spiro atoms. The maximum absolute atomic E-state index is 4.04. The zero-order chi connectivity index (χ0) is 11.2. The number of anilines is 1. The van der Waals surface area contributed by atoms with E-state index in [-0.39, 0.29) is 0 Å². The number of hydrogen-bond donors (Lipinski definition) is 2. The van der Waals surface area contributed by atoms with Crippen molar-refractivity contribution in [2.45, 2.75) is 12.1 Å². The van der Waals surface area contributed by atoms with Gasteiger partial charge < -0.3 is 5.32 Å². The van der Waals surface area contributed by atoms with Gasteiger partial charge in [0.15, 0.2) is 5.16 Å². The van der Waals surface area contributed by atoms with Gasteiger partial charge in [-0.25, -0.2) is 4.98 Å². The Bertz CT molecular complexity index is 427. The molecule has 0 saturated carbocycles. The van der Waals surface area contributed by atoms with E-state index in [9.17, 15) is 0 Å². The van der Waals surface area contributed by atoms with Crippen molar-refractivity contribution in [2.24, 2.45) is 0 Å². The van der Waals surface area contributed by atoms with Crippen LogP contribution in [-0.4, -0.2) is 27.5 Å². The lowest BCUT2D eigenvalue weighted by Crippen LogP contribution is -2.04. The average Bonchev–Trinajstić information content (AvgIpc) is 2.77. The quantitative estimate of drug-likeness (QED) is 0.616. The van der Waals surface area contributed by atoms with Crippen molar-refractivity contribution in [1.82, 2.24) is 15.2 Å². The molecule has 5 heteroatoms. The zero-order valence-corrected chi connectivity index (χ0v) is 9.92. The number of hydrogen-bond acceptors (Lipinski definition) is 4. The number of benzene rings is 1. The Morgan fingerprint density at radius 2 is 2.38 bits per heavy atom. The smallest absolute Gasteiger partial charge is 0.183 e. The first-order valence-electron chi connectivity index (χ1n) is 5.13. The summed E-state index contributed by atoms with van der Waals surface area (Å²) < 4.78 is 0. The summed E-state index contributed by atoms with van der Waals surface area (Å²) in [5.74, 6) is 0.961. The van der Waals surface area contributed by atoms with Crippen LogP contribution in [0.3, 0.4) is 0 Å². The molecule has 0 saturated heterocycles. The van der Waals surface area contributed by atoms with Crippen LogP contribution in [0.4, 0.5) is 5.69 Å². The van der Waals surface area contributed by atoms with Crippen LogP contribution in [0.1, 0.15) is 5.56 Å². The highest BCUT2D eigenvalue weighted by Gasteiger charge is 1.96. The van der Waals surface area contributed by atoms with Gasteiger partial charge in [-0.2, -0.15) is 5.10 Å². The molecule has 84 valence electrons.